The Balaban J connectivity index is 2.22. The lowest BCUT2D eigenvalue weighted by atomic mass is 9.74. The summed E-state index contributed by atoms with van der Waals surface area (Å²) < 4.78 is 5.30. The average Bonchev–Trinajstić information content (AvgIpc) is 2.40. The number of ether oxygens (including phenoxy) is 1. The first-order valence-corrected chi connectivity index (χ1v) is 7.05. The minimum Gasteiger partial charge on any atom is -0.497 e. The normalized spacial score (nSPS) is 23.9. The summed E-state index contributed by atoms with van der Waals surface area (Å²) >= 11 is 0. The van der Waals surface area contributed by atoms with Gasteiger partial charge in [-0.1, -0.05) is 18.9 Å². The highest BCUT2D eigenvalue weighted by molar-refractivity contribution is 5.37. The lowest BCUT2D eigenvalue weighted by Gasteiger charge is -2.33. The molecule has 0 amide bonds. The summed E-state index contributed by atoms with van der Waals surface area (Å²) in [5.41, 5.74) is 2.90. The van der Waals surface area contributed by atoms with E-state index in [0.29, 0.717) is 0 Å². The molecule has 2 unspecified atom stereocenters. The van der Waals surface area contributed by atoms with Crippen LogP contribution in [0.2, 0.25) is 0 Å². The van der Waals surface area contributed by atoms with E-state index in [0.717, 1.165) is 24.1 Å². The van der Waals surface area contributed by atoms with Gasteiger partial charge in [-0.05, 0) is 68.5 Å². The minimum absolute atomic E-state index is 0.720. The minimum atomic E-state index is 0.720. The van der Waals surface area contributed by atoms with Crippen LogP contribution in [0.5, 0.6) is 5.75 Å². The molecule has 0 bridgehead atoms. The second-order valence-electron chi connectivity index (χ2n) is 5.43. The van der Waals surface area contributed by atoms with Crippen LogP contribution in [-0.4, -0.2) is 20.7 Å². The molecule has 0 aromatic heterocycles. The topological polar surface area (TPSA) is 21.3 Å². The second-order valence-corrected chi connectivity index (χ2v) is 5.43. The van der Waals surface area contributed by atoms with Gasteiger partial charge >= 0.3 is 0 Å². The van der Waals surface area contributed by atoms with E-state index < -0.39 is 0 Å². The average molecular weight is 247 g/mol. The molecule has 1 N–H and O–H groups in total. The largest absolute Gasteiger partial charge is 0.497 e. The Bertz CT molecular complexity index is 387. The standard InChI is InChI=1S/C16H25NO/c1-12-10-14(18-3)8-9-15(12)16-7-5-4-6-13(16)11-17-2/h8-10,13,16-17H,4-7,11H2,1-3H3. The third-order valence-electron chi connectivity index (χ3n) is 4.25. The fourth-order valence-corrected chi connectivity index (χ4v) is 3.31. The highest BCUT2D eigenvalue weighted by atomic mass is 16.5. The van der Waals surface area contributed by atoms with E-state index in [4.69, 9.17) is 4.74 Å². The van der Waals surface area contributed by atoms with E-state index in [2.05, 4.69) is 37.5 Å². The summed E-state index contributed by atoms with van der Waals surface area (Å²) in [6.45, 7) is 3.35. The third-order valence-corrected chi connectivity index (χ3v) is 4.25. The van der Waals surface area contributed by atoms with Crippen LogP contribution in [0.3, 0.4) is 0 Å². The van der Waals surface area contributed by atoms with Gasteiger partial charge in [-0.3, -0.25) is 0 Å². The van der Waals surface area contributed by atoms with Crippen LogP contribution in [0.15, 0.2) is 18.2 Å². The molecule has 1 saturated carbocycles. The van der Waals surface area contributed by atoms with Gasteiger partial charge in [-0.2, -0.15) is 0 Å². The van der Waals surface area contributed by atoms with Crippen molar-refractivity contribution in [1.82, 2.24) is 5.32 Å². The maximum Gasteiger partial charge on any atom is 0.119 e. The van der Waals surface area contributed by atoms with Crippen LogP contribution in [0.4, 0.5) is 0 Å². The highest BCUT2D eigenvalue weighted by Gasteiger charge is 2.26. The van der Waals surface area contributed by atoms with Crippen molar-refractivity contribution in [1.29, 1.82) is 0 Å². The van der Waals surface area contributed by atoms with Gasteiger partial charge in [0, 0.05) is 0 Å². The van der Waals surface area contributed by atoms with Gasteiger partial charge in [0.2, 0.25) is 0 Å². The Morgan fingerprint density at radius 1 is 1.28 bits per heavy atom. The summed E-state index contributed by atoms with van der Waals surface area (Å²) in [4.78, 5) is 0. The monoisotopic (exact) mass is 247 g/mol. The summed E-state index contributed by atoms with van der Waals surface area (Å²) in [7, 11) is 3.80. The first kappa shape index (κ1) is 13.4. The Morgan fingerprint density at radius 2 is 2.06 bits per heavy atom. The van der Waals surface area contributed by atoms with Crippen molar-refractivity contribution in [2.45, 2.75) is 38.5 Å². The van der Waals surface area contributed by atoms with Crippen LogP contribution >= 0.6 is 0 Å². The van der Waals surface area contributed by atoms with Crippen LogP contribution in [0, 0.1) is 12.8 Å². The molecule has 100 valence electrons. The summed E-state index contributed by atoms with van der Waals surface area (Å²) in [6.07, 6.45) is 5.45. The molecule has 0 aliphatic heterocycles. The lowest BCUT2D eigenvalue weighted by molar-refractivity contribution is 0.300. The third kappa shape index (κ3) is 2.86. The Labute approximate surface area is 111 Å². The Kier molecular flexibility index (Phi) is 4.65. The van der Waals surface area contributed by atoms with Gasteiger partial charge in [-0.25, -0.2) is 0 Å². The molecule has 0 spiro atoms. The predicted octanol–water partition coefficient (Wildman–Crippen LogP) is 3.50. The van der Waals surface area contributed by atoms with E-state index in [1.807, 2.05) is 0 Å². The molecule has 0 heterocycles. The quantitative estimate of drug-likeness (QED) is 0.879. The molecule has 1 aliphatic carbocycles. The fourth-order valence-electron chi connectivity index (χ4n) is 3.31. The van der Waals surface area contributed by atoms with E-state index in [1.54, 1.807) is 7.11 Å². The molecular weight excluding hydrogens is 222 g/mol. The first-order valence-electron chi connectivity index (χ1n) is 7.05. The molecule has 0 radical (unpaired) electrons. The summed E-state index contributed by atoms with van der Waals surface area (Å²) in [5.74, 6) is 2.48. The van der Waals surface area contributed by atoms with Gasteiger partial charge in [0.1, 0.15) is 5.75 Å². The Hall–Kier alpha value is -1.02. The number of nitrogens with one attached hydrogen (secondary N) is 1. The van der Waals surface area contributed by atoms with Gasteiger partial charge in [0.05, 0.1) is 7.11 Å². The van der Waals surface area contributed by atoms with Crippen LogP contribution in [0.25, 0.3) is 0 Å². The summed E-state index contributed by atoms with van der Waals surface area (Å²) in [6, 6.07) is 6.54. The molecule has 2 atom stereocenters. The number of benzene rings is 1. The van der Waals surface area contributed by atoms with E-state index in [1.165, 1.54) is 36.8 Å². The van der Waals surface area contributed by atoms with Crippen LogP contribution in [0.1, 0.15) is 42.7 Å². The van der Waals surface area contributed by atoms with Crippen molar-refractivity contribution in [3.8, 4) is 5.75 Å². The molecule has 0 saturated heterocycles. The molecular formula is C16H25NO. The van der Waals surface area contributed by atoms with Crippen molar-refractivity contribution in [2.24, 2.45) is 5.92 Å². The van der Waals surface area contributed by atoms with E-state index in [-0.39, 0.29) is 0 Å². The van der Waals surface area contributed by atoms with Crippen molar-refractivity contribution >= 4 is 0 Å². The van der Waals surface area contributed by atoms with E-state index in [9.17, 15) is 0 Å². The zero-order valence-electron chi connectivity index (χ0n) is 11.8. The first-order chi connectivity index (χ1) is 8.76. The van der Waals surface area contributed by atoms with Crippen molar-refractivity contribution in [3.63, 3.8) is 0 Å². The highest BCUT2D eigenvalue weighted by Crippen LogP contribution is 2.39. The molecule has 1 aliphatic rings. The number of hydrogen-bond donors (Lipinski definition) is 1. The second kappa shape index (κ2) is 6.24. The van der Waals surface area contributed by atoms with Crippen molar-refractivity contribution in [3.05, 3.63) is 29.3 Å². The van der Waals surface area contributed by atoms with Crippen LogP contribution < -0.4 is 10.1 Å². The SMILES string of the molecule is CNCC1CCCCC1c1ccc(OC)cc1C. The number of methoxy groups -OCH3 is 1. The van der Waals surface area contributed by atoms with Crippen molar-refractivity contribution in [2.75, 3.05) is 20.7 Å². The van der Waals surface area contributed by atoms with Gasteiger partial charge in [0.25, 0.3) is 0 Å². The van der Waals surface area contributed by atoms with Crippen LogP contribution in [-0.2, 0) is 0 Å². The predicted molar refractivity (Wildman–Crippen MR) is 76.4 cm³/mol. The lowest BCUT2D eigenvalue weighted by Crippen LogP contribution is -2.27. The zero-order chi connectivity index (χ0) is 13.0. The molecule has 2 rings (SSSR count). The summed E-state index contributed by atoms with van der Waals surface area (Å²) in [5, 5.41) is 3.35. The molecule has 18 heavy (non-hydrogen) atoms. The molecule has 2 heteroatoms. The van der Waals surface area contributed by atoms with Crippen molar-refractivity contribution < 1.29 is 4.74 Å². The molecule has 1 aromatic carbocycles. The van der Waals surface area contributed by atoms with Gasteiger partial charge in [-0.15, -0.1) is 0 Å². The van der Waals surface area contributed by atoms with Gasteiger partial charge in [0.15, 0.2) is 0 Å². The maximum absolute atomic E-state index is 5.30. The molecule has 1 fully saturated rings. The Morgan fingerprint density at radius 3 is 2.72 bits per heavy atom. The smallest absolute Gasteiger partial charge is 0.119 e. The zero-order valence-corrected chi connectivity index (χ0v) is 11.8. The number of aryl methyl sites for hydroxylation is 1. The van der Waals surface area contributed by atoms with Gasteiger partial charge < -0.3 is 10.1 Å². The number of rotatable bonds is 4. The van der Waals surface area contributed by atoms with E-state index >= 15 is 0 Å². The number of hydrogen-bond acceptors (Lipinski definition) is 2. The molecule has 2 nitrogen and oxygen atoms in total. The maximum atomic E-state index is 5.30. The molecule has 1 aromatic rings. The fraction of sp³-hybridized carbons (Fsp3) is 0.625.